The van der Waals surface area contributed by atoms with Crippen LogP contribution in [-0.2, 0) is 12.8 Å². The largest absolute Gasteiger partial charge is 0.130 e. The molecule has 0 fully saturated rings. The van der Waals surface area contributed by atoms with E-state index in [0.29, 0.717) is 0 Å². The predicted molar refractivity (Wildman–Crippen MR) is 127 cm³/mol. The molecule has 2 aromatic rings. The lowest BCUT2D eigenvalue weighted by Crippen LogP contribution is -2.00. The van der Waals surface area contributed by atoms with E-state index in [1.54, 1.807) is 11.1 Å². The Morgan fingerprint density at radius 3 is 1.96 bits per heavy atom. The summed E-state index contributed by atoms with van der Waals surface area (Å²) in [6.07, 6.45) is 16.1. The van der Waals surface area contributed by atoms with Gasteiger partial charge in [-0.3, -0.25) is 0 Å². The van der Waals surface area contributed by atoms with E-state index in [0.717, 1.165) is 0 Å². The van der Waals surface area contributed by atoms with E-state index in [9.17, 15) is 0 Å². The summed E-state index contributed by atoms with van der Waals surface area (Å²) in [5, 5.41) is 0. The summed E-state index contributed by atoms with van der Waals surface area (Å²) in [6, 6.07) is 13.9. The Morgan fingerprint density at radius 1 is 0.667 bits per heavy atom. The van der Waals surface area contributed by atoms with Crippen LogP contribution in [0.1, 0.15) is 69.9 Å². The summed E-state index contributed by atoms with van der Waals surface area (Å²) in [7, 11) is 0. The summed E-state index contributed by atoms with van der Waals surface area (Å²) in [5.74, 6) is 0. The molecule has 0 nitrogen and oxygen atoms in total. The molecule has 0 spiro atoms. The molecule has 0 aromatic heterocycles. The lowest BCUT2D eigenvalue weighted by Gasteiger charge is -2.18. The number of benzene rings is 2. The second-order valence-corrected chi connectivity index (χ2v) is 8.98. The van der Waals surface area contributed by atoms with E-state index in [-0.39, 0.29) is 0 Å². The fourth-order valence-corrected chi connectivity index (χ4v) is 5.00. The minimum atomic E-state index is 1.23. The molecule has 0 aliphatic heterocycles. The lowest BCUT2D eigenvalue weighted by atomic mass is 9.92. The number of hydrogen-bond acceptors (Lipinski definition) is 2. The highest BCUT2D eigenvalue weighted by atomic mass is 32.2. The first kappa shape index (κ1) is 22.4. The third-order valence-electron chi connectivity index (χ3n) is 5.29. The van der Waals surface area contributed by atoms with Gasteiger partial charge in [0, 0.05) is 9.79 Å². The van der Waals surface area contributed by atoms with Gasteiger partial charge in [-0.2, -0.15) is 0 Å². The number of aryl methyl sites for hydroxylation is 1. The van der Waals surface area contributed by atoms with Crippen molar-refractivity contribution in [2.24, 2.45) is 0 Å². The van der Waals surface area contributed by atoms with E-state index >= 15 is 0 Å². The van der Waals surface area contributed by atoms with Crippen molar-refractivity contribution < 1.29 is 0 Å². The number of rotatable bonds is 12. The highest BCUT2D eigenvalue weighted by Gasteiger charge is 2.14. The van der Waals surface area contributed by atoms with Crippen molar-refractivity contribution in [3.63, 3.8) is 0 Å². The molecule has 148 valence electrons. The van der Waals surface area contributed by atoms with Gasteiger partial charge in [-0.15, -0.1) is 23.5 Å². The SMILES string of the molecule is CCCCCCc1ccc(-c2ccc(SC)cc2)c(SC)c1CCCCC. The number of thioether (sulfide) groups is 2. The van der Waals surface area contributed by atoms with Gasteiger partial charge in [-0.05, 0) is 72.6 Å². The van der Waals surface area contributed by atoms with Crippen LogP contribution in [0.5, 0.6) is 0 Å². The molecule has 0 bridgehead atoms. The first-order chi connectivity index (χ1) is 13.2. The van der Waals surface area contributed by atoms with Crippen molar-refractivity contribution in [1.82, 2.24) is 0 Å². The minimum absolute atomic E-state index is 1.23. The molecule has 27 heavy (non-hydrogen) atoms. The monoisotopic (exact) mass is 400 g/mol. The zero-order valence-electron chi connectivity index (χ0n) is 17.6. The molecule has 2 rings (SSSR count). The maximum Gasteiger partial charge on any atom is 0.0182 e. The maximum atomic E-state index is 2.42. The zero-order chi connectivity index (χ0) is 19.5. The molecular formula is C25H36S2. The third kappa shape index (κ3) is 6.61. The first-order valence-corrected chi connectivity index (χ1v) is 13.0. The molecule has 0 aliphatic rings. The first-order valence-electron chi connectivity index (χ1n) is 10.6. The Balaban J connectivity index is 2.34. The van der Waals surface area contributed by atoms with Crippen molar-refractivity contribution in [2.45, 2.75) is 81.4 Å². The highest BCUT2D eigenvalue weighted by Crippen LogP contribution is 2.37. The van der Waals surface area contributed by atoms with Crippen LogP contribution in [0.3, 0.4) is 0 Å². The molecule has 0 amide bonds. The van der Waals surface area contributed by atoms with Gasteiger partial charge >= 0.3 is 0 Å². The summed E-state index contributed by atoms with van der Waals surface area (Å²) < 4.78 is 0. The van der Waals surface area contributed by atoms with Crippen molar-refractivity contribution in [3.05, 3.63) is 47.5 Å². The summed E-state index contributed by atoms with van der Waals surface area (Å²) >= 11 is 3.75. The molecule has 0 radical (unpaired) electrons. The van der Waals surface area contributed by atoms with Crippen LogP contribution < -0.4 is 0 Å². The van der Waals surface area contributed by atoms with Crippen LogP contribution in [0.4, 0.5) is 0 Å². The molecule has 2 aromatic carbocycles. The normalized spacial score (nSPS) is 11.1. The summed E-state index contributed by atoms with van der Waals surface area (Å²) in [6.45, 7) is 4.59. The predicted octanol–water partition coefficient (Wildman–Crippen LogP) is 8.65. The van der Waals surface area contributed by atoms with E-state index in [4.69, 9.17) is 0 Å². The second kappa shape index (κ2) is 12.6. The quantitative estimate of drug-likeness (QED) is 0.258. The van der Waals surface area contributed by atoms with Crippen LogP contribution in [0, 0.1) is 0 Å². The Kier molecular flexibility index (Phi) is 10.4. The lowest BCUT2D eigenvalue weighted by molar-refractivity contribution is 0.658. The molecular weight excluding hydrogens is 364 g/mol. The van der Waals surface area contributed by atoms with Crippen molar-refractivity contribution >= 4 is 23.5 Å². The Hall–Kier alpha value is -0.860. The van der Waals surface area contributed by atoms with E-state index in [1.807, 2.05) is 23.5 Å². The molecule has 0 saturated carbocycles. The number of unbranched alkanes of at least 4 members (excludes halogenated alkanes) is 5. The average Bonchev–Trinajstić information content (AvgIpc) is 2.71. The van der Waals surface area contributed by atoms with E-state index in [2.05, 4.69) is 62.8 Å². The standard InChI is InChI=1S/C25H36S2/c1-5-7-9-11-12-20-16-19-24(21-14-17-22(26-3)18-15-21)25(27-4)23(20)13-10-8-6-2/h14-19H,5-13H2,1-4H3. The summed E-state index contributed by atoms with van der Waals surface area (Å²) in [5.41, 5.74) is 5.99. The van der Waals surface area contributed by atoms with Crippen molar-refractivity contribution in [3.8, 4) is 11.1 Å². The zero-order valence-corrected chi connectivity index (χ0v) is 19.3. The molecule has 0 unspecified atom stereocenters. The van der Waals surface area contributed by atoms with Gasteiger partial charge in [0.15, 0.2) is 0 Å². The molecule has 0 aliphatic carbocycles. The Labute approximate surface area is 175 Å². The third-order valence-corrected chi connectivity index (χ3v) is 6.91. The van der Waals surface area contributed by atoms with Crippen LogP contribution >= 0.6 is 23.5 Å². The molecule has 0 saturated heterocycles. The topological polar surface area (TPSA) is 0 Å². The van der Waals surface area contributed by atoms with Gasteiger partial charge in [0.2, 0.25) is 0 Å². The minimum Gasteiger partial charge on any atom is -0.130 e. The molecule has 0 N–H and O–H groups in total. The summed E-state index contributed by atoms with van der Waals surface area (Å²) in [4.78, 5) is 2.84. The second-order valence-electron chi connectivity index (χ2n) is 7.28. The molecule has 0 heterocycles. The van der Waals surface area contributed by atoms with Crippen LogP contribution in [0.15, 0.2) is 46.2 Å². The van der Waals surface area contributed by atoms with Crippen LogP contribution in [0.2, 0.25) is 0 Å². The fraction of sp³-hybridized carbons (Fsp3) is 0.520. The van der Waals surface area contributed by atoms with Crippen LogP contribution in [-0.4, -0.2) is 12.5 Å². The Morgan fingerprint density at radius 2 is 1.33 bits per heavy atom. The van der Waals surface area contributed by atoms with Gasteiger partial charge in [0.25, 0.3) is 0 Å². The number of hydrogen-bond donors (Lipinski definition) is 0. The van der Waals surface area contributed by atoms with Gasteiger partial charge in [-0.1, -0.05) is 70.2 Å². The molecule has 0 atom stereocenters. The highest BCUT2D eigenvalue weighted by molar-refractivity contribution is 7.99. The Bertz CT molecular complexity index is 673. The molecule has 2 heteroatoms. The van der Waals surface area contributed by atoms with E-state index in [1.165, 1.54) is 78.7 Å². The van der Waals surface area contributed by atoms with Crippen LogP contribution in [0.25, 0.3) is 11.1 Å². The fourth-order valence-electron chi connectivity index (χ4n) is 3.70. The van der Waals surface area contributed by atoms with Gasteiger partial charge in [0.05, 0.1) is 0 Å². The van der Waals surface area contributed by atoms with Crippen molar-refractivity contribution in [2.75, 3.05) is 12.5 Å². The van der Waals surface area contributed by atoms with E-state index < -0.39 is 0 Å². The van der Waals surface area contributed by atoms with Gasteiger partial charge in [-0.25, -0.2) is 0 Å². The maximum absolute atomic E-state index is 2.42. The smallest absolute Gasteiger partial charge is 0.0182 e. The van der Waals surface area contributed by atoms with Gasteiger partial charge < -0.3 is 0 Å². The van der Waals surface area contributed by atoms with Gasteiger partial charge in [0.1, 0.15) is 0 Å². The van der Waals surface area contributed by atoms with Crippen molar-refractivity contribution in [1.29, 1.82) is 0 Å². The average molecular weight is 401 g/mol.